The maximum absolute atomic E-state index is 13.3. The minimum Gasteiger partial charge on any atom is -0.394 e. The molecule has 0 atom stereocenters. The van der Waals surface area contributed by atoms with E-state index in [0.29, 0.717) is 22.9 Å². The van der Waals surface area contributed by atoms with Crippen LogP contribution in [-0.4, -0.2) is 9.97 Å². The van der Waals surface area contributed by atoms with Crippen LogP contribution in [0.2, 0.25) is 10.3 Å². The molecule has 0 saturated heterocycles. The molecule has 0 aliphatic carbocycles. The molecule has 1 heterocycles. The average Bonchev–Trinajstić information content (AvgIpc) is 2.30. The molecule has 0 fully saturated rings. The van der Waals surface area contributed by atoms with Gasteiger partial charge in [-0.15, -0.1) is 0 Å². The summed E-state index contributed by atoms with van der Waals surface area (Å²) < 4.78 is 13.3. The first-order valence-corrected chi connectivity index (χ1v) is 5.74. The van der Waals surface area contributed by atoms with E-state index in [1.54, 1.807) is 13.0 Å². The maximum Gasteiger partial charge on any atom is 0.224 e. The van der Waals surface area contributed by atoms with Gasteiger partial charge in [-0.1, -0.05) is 11.6 Å². The highest BCUT2D eigenvalue weighted by Crippen LogP contribution is 2.26. The second-order valence-electron chi connectivity index (χ2n) is 3.59. The van der Waals surface area contributed by atoms with Crippen molar-refractivity contribution >= 4 is 40.4 Å². The molecule has 1 aromatic heterocycles. The summed E-state index contributed by atoms with van der Waals surface area (Å²) in [4.78, 5) is 7.84. The van der Waals surface area contributed by atoms with Gasteiger partial charge in [-0.2, -0.15) is 4.98 Å². The van der Waals surface area contributed by atoms with Gasteiger partial charge in [0.05, 0.1) is 16.4 Å². The third-order valence-electron chi connectivity index (χ3n) is 2.29. The van der Waals surface area contributed by atoms with Crippen LogP contribution in [0.15, 0.2) is 18.2 Å². The summed E-state index contributed by atoms with van der Waals surface area (Å²) in [7, 11) is 0. The Morgan fingerprint density at radius 3 is 2.67 bits per heavy atom. The first-order chi connectivity index (χ1) is 8.47. The van der Waals surface area contributed by atoms with Gasteiger partial charge in [0.1, 0.15) is 5.82 Å². The summed E-state index contributed by atoms with van der Waals surface area (Å²) in [5.74, 6) is -0.202. The van der Waals surface area contributed by atoms with Gasteiger partial charge >= 0.3 is 0 Å². The molecule has 0 radical (unpaired) electrons. The fourth-order valence-electron chi connectivity index (χ4n) is 1.35. The standard InChI is InChI=1S/C11H9Cl2FN4/c1-5-9(15)10(18-11(13)16-5)17-6-2-3-7(12)8(14)4-6/h2-4H,15H2,1H3,(H,16,17,18). The van der Waals surface area contributed by atoms with Gasteiger partial charge in [-0.25, -0.2) is 9.37 Å². The smallest absolute Gasteiger partial charge is 0.224 e. The van der Waals surface area contributed by atoms with Crippen molar-refractivity contribution in [2.75, 3.05) is 11.1 Å². The fourth-order valence-corrected chi connectivity index (χ4v) is 1.68. The molecular formula is C11H9Cl2FN4. The number of nitrogens with zero attached hydrogens (tertiary/aromatic N) is 2. The summed E-state index contributed by atoms with van der Waals surface area (Å²) >= 11 is 11.3. The van der Waals surface area contributed by atoms with Crippen molar-refractivity contribution in [3.8, 4) is 0 Å². The Labute approximate surface area is 113 Å². The van der Waals surface area contributed by atoms with Crippen molar-refractivity contribution in [3.05, 3.63) is 40.0 Å². The molecule has 0 unspecified atom stereocenters. The minimum absolute atomic E-state index is 0.0467. The van der Waals surface area contributed by atoms with E-state index in [9.17, 15) is 4.39 Å². The Bertz CT molecular complexity index is 604. The molecule has 0 bridgehead atoms. The molecule has 0 aliphatic rings. The number of halogens is 3. The lowest BCUT2D eigenvalue weighted by Crippen LogP contribution is -2.04. The lowest BCUT2D eigenvalue weighted by atomic mass is 10.3. The van der Waals surface area contributed by atoms with E-state index in [1.807, 2.05) is 0 Å². The number of benzene rings is 1. The van der Waals surface area contributed by atoms with Crippen molar-refractivity contribution in [2.45, 2.75) is 6.92 Å². The Morgan fingerprint density at radius 1 is 1.28 bits per heavy atom. The van der Waals surface area contributed by atoms with Gasteiger partial charge in [0, 0.05) is 5.69 Å². The molecule has 0 spiro atoms. The zero-order valence-corrected chi connectivity index (χ0v) is 10.8. The van der Waals surface area contributed by atoms with Crippen molar-refractivity contribution < 1.29 is 4.39 Å². The van der Waals surface area contributed by atoms with Crippen LogP contribution >= 0.6 is 23.2 Å². The van der Waals surface area contributed by atoms with E-state index < -0.39 is 5.82 Å². The molecular weight excluding hydrogens is 278 g/mol. The van der Waals surface area contributed by atoms with Crippen molar-refractivity contribution in [1.82, 2.24) is 9.97 Å². The molecule has 0 saturated carbocycles. The summed E-state index contributed by atoms with van der Waals surface area (Å²) in [6.45, 7) is 1.70. The van der Waals surface area contributed by atoms with Crippen LogP contribution in [0.5, 0.6) is 0 Å². The molecule has 94 valence electrons. The second-order valence-corrected chi connectivity index (χ2v) is 4.34. The van der Waals surface area contributed by atoms with Crippen LogP contribution in [0.25, 0.3) is 0 Å². The van der Waals surface area contributed by atoms with Crippen LogP contribution in [0, 0.1) is 12.7 Å². The molecule has 1 aromatic carbocycles. The quantitative estimate of drug-likeness (QED) is 0.829. The number of aromatic nitrogens is 2. The van der Waals surface area contributed by atoms with E-state index in [1.165, 1.54) is 12.1 Å². The SMILES string of the molecule is Cc1nc(Cl)nc(Nc2ccc(Cl)c(F)c2)c1N. The van der Waals surface area contributed by atoms with E-state index in [4.69, 9.17) is 28.9 Å². The molecule has 4 nitrogen and oxygen atoms in total. The lowest BCUT2D eigenvalue weighted by Gasteiger charge is -2.10. The molecule has 2 rings (SSSR count). The predicted molar refractivity (Wildman–Crippen MR) is 70.9 cm³/mol. The normalized spacial score (nSPS) is 10.4. The monoisotopic (exact) mass is 286 g/mol. The van der Waals surface area contributed by atoms with Crippen molar-refractivity contribution in [2.24, 2.45) is 0 Å². The highest BCUT2D eigenvalue weighted by molar-refractivity contribution is 6.30. The predicted octanol–water partition coefficient (Wildman–Crippen LogP) is 3.56. The second kappa shape index (κ2) is 4.96. The Morgan fingerprint density at radius 2 is 2.00 bits per heavy atom. The summed E-state index contributed by atoms with van der Waals surface area (Å²) in [5.41, 5.74) is 7.18. The van der Waals surface area contributed by atoms with Gasteiger partial charge in [-0.05, 0) is 36.7 Å². The largest absolute Gasteiger partial charge is 0.394 e. The maximum atomic E-state index is 13.3. The van der Waals surface area contributed by atoms with Crippen molar-refractivity contribution in [3.63, 3.8) is 0 Å². The van der Waals surface area contributed by atoms with E-state index in [-0.39, 0.29) is 10.3 Å². The third kappa shape index (κ3) is 2.63. The third-order valence-corrected chi connectivity index (χ3v) is 2.77. The van der Waals surface area contributed by atoms with Gasteiger partial charge in [0.15, 0.2) is 5.82 Å². The average molecular weight is 287 g/mol. The molecule has 0 aliphatic heterocycles. The Kier molecular flexibility index (Phi) is 3.54. The summed E-state index contributed by atoms with van der Waals surface area (Å²) in [5, 5.41) is 2.98. The molecule has 2 aromatic rings. The van der Waals surface area contributed by atoms with Crippen LogP contribution in [-0.2, 0) is 0 Å². The van der Waals surface area contributed by atoms with Gasteiger partial charge in [-0.3, -0.25) is 0 Å². The number of rotatable bonds is 2. The zero-order valence-electron chi connectivity index (χ0n) is 9.34. The zero-order chi connectivity index (χ0) is 13.3. The van der Waals surface area contributed by atoms with E-state index in [0.717, 1.165) is 0 Å². The highest BCUT2D eigenvalue weighted by Gasteiger charge is 2.09. The first kappa shape index (κ1) is 12.9. The Balaban J connectivity index is 2.36. The lowest BCUT2D eigenvalue weighted by molar-refractivity contribution is 0.629. The number of nitrogen functional groups attached to an aromatic ring is 1. The van der Waals surface area contributed by atoms with Gasteiger partial charge in [0.25, 0.3) is 0 Å². The van der Waals surface area contributed by atoms with E-state index in [2.05, 4.69) is 15.3 Å². The molecule has 7 heteroatoms. The summed E-state index contributed by atoms with van der Waals surface area (Å²) in [6.07, 6.45) is 0. The molecule has 0 amide bonds. The van der Waals surface area contributed by atoms with Crippen molar-refractivity contribution in [1.29, 1.82) is 0 Å². The van der Waals surface area contributed by atoms with E-state index >= 15 is 0 Å². The molecule has 3 N–H and O–H groups in total. The van der Waals surface area contributed by atoms with Crippen LogP contribution in [0.4, 0.5) is 21.6 Å². The number of anilines is 3. The highest BCUT2D eigenvalue weighted by atomic mass is 35.5. The summed E-state index contributed by atoms with van der Waals surface area (Å²) in [6, 6.07) is 4.29. The van der Waals surface area contributed by atoms with Crippen LogP contribution in [0.1, 0.15) is 5.69 Å². The number of aryl methyl sites for hydroxylation is 1. The van der Waals surface area contributed by atoms with Gasteiger partial charge in [0.2, 0.25) is 5.28 Å². The van der Waals surface area contributed by atoms with Crippen LogP contribution in [0.3, 0.4) is 0 Å². The number of hydrogen-bond donors (Lipinski definition) is 2. The fraction of sp³-hybridized carbons (Fsp3) is 0.0909. The number of nitrogens with one attached hydrogen (secondary N) is 1. The van der Waals surface area contributed by atoms with Crippen LogP contribution < -0.4 is 11.1 Å². The minimum atomic E-state index is -0.530. The topological polar surface area (TPSA) is 63.8 Å². The number of nitrogens with two attached hydrogens (primary N) is 1. The molecule has 18 heavy (non-hydrogen) atoms. The Hall–Kier alpha value is -1.59. The first-order valence-electron chi connectivity index (χ1n) is 4.99. The van der Waals surface area contributed by atoms with Gasteiger partial charge < -0.3 is 11.1 Å². The number of hydrogen-bond acceptors (Lipinski definition) is 4.